The van der Waals surface area contributed by atoms with Gasteiger partial charge in [-0.25, -0.2) is 9.37 Å². The average molecular weight is 235 g/mol. The minimum atomic E-state index is -0.540. The van der Waals surface area contributed by atoms with Gasteiger partial charge in [-0.3, -0.25) is 9.78 Å². The van der Waals surface area contributed by atoms with Crippen LogP contribution in [0, 0.1) is 12.7 Å². The molecule has 0 spiro atoms. The fourth-order valence-electron chi connectivity index (χ4n) is 1.67. The largest absolute Gasteiger partial charge is 0.356 e. The van der Waals surface area contributed by atoms with Crippen molar-refractivity contribution < 1.29 is 4.39 Å². The third-order valence-corrected chi connectivity index (χ3v) is 2.55. The van der Waals surface area contributed by atoms with Gasteiger partial charge < -0.3 is 5.32 Å². The number of rotatable bonds is 3. The summed E-state index contributed by atoms with van der Waals surface area (Å²) in [6, 6.07) is 2.90. The van der Waals surface area contributed by atoms with Gasteiger partial charge in [0, 0.05) is 6.54 Å². The van der Waals surface area contributed by atoms with Gasteiger partial charge >= 0.3 is 0 Å². The number of anilines is 1. The van der Waals surface area contributed by atoms with Gasteiger partial charge in [-0.1, -0.05) is 13.0 Å². The normalized spacial score (nSPS) is 10.8. The first-order valence-corrected chi connectivity index (χ1v) is 5.56. The van der Waals surface area contributed by atoms with E-state index in [1.807, 2.05) is 6.92 Å². The first-order valence-electron chi connectivity index (χ1n) is 5.56. The monoisotopic (exact) mass is 235 g/mol. The highest BCUT2D eigenvalue weighted by molar-refractivity contribution is 5.82. The molecule has 1 heterocycles. The Bertz CT molecular complexity index is 606. The highest BCUT2D eigenvalue weighted by atomic mass is 19.1. The lowest BCUT2D eigenvalue weighted by atomic mass is 10.1. The number of hydrogen-bond acceptors (Lipinski definition) is 3. The Morgan fingerprint density at radius 1 is 1.47 bits per heavy atom. The van der Waals surface area contributed by atoms with Crippen LogP contribution in [-0.4, -0.2) is 16.5 Å². The van der Waals surface area contributed by atoms with Crippen LogP contribution in [0.2, 0.25) is 0 Å². The molecule has 0 aliphatic rings. The van der Waals surface area contributed by atoms with Crippen molar-refractivity contribution in [3.05, 3.63) is 33.9 Å². The van der Waals surface area contributed by atoms with E-state index < -0.39 is 11.4 Å². The van der Waals surface area contributed by atoms with Crippen molar-refractivity contribution in [1.29, 1.82) is 0 Å². The molecule has 1 aromatic carbocycles. The second-order valence-electron chi connectivity index (χ2n) is 3.93. The van der Waals surface area contributed by atoms with Crippen LogP contribution < -0.4 is 10.9 Å². The molecule has 4 nitrogen and oxygen atoms in total. The van der Waals surface area contributed by atoms with E-state index in [1.165, 1.54) is 6.07 Å². The molecule has 17 heavy (non-hydrogen) atoms. The Balaban J connectivity index is 2.65. The predicted molar refractivity (Wildman–Crippen MR) is 65.8 cm³/mol. The maximum atomic E-state index is 13.5. The predicted octanol–water partition coefficient (Wildman–Crippen LogP) is 2.19. The van der Waals surface area contributed by atoms with Gasteiger partial charge in [-0.05, 0) is 25.0 Å². The summed E-state index contributed by atoms with van der Waals surface area (Å²) in [5, 5.41) is 3.01. The van der Waals surface area contributed by atoms with E-state index in [0.717, 1.165) is 12.0 Å². The van der Waals surface area contributed by atoms with Gasteiger partial charge in [-0.15, -0.1) is 0 Å². The highest BCUT2D eigenvalue weighted by Gasteiger charge is 2.10. The van der Waals surface area contributed by atoms with E-state index in [0.29, 0.717) is 18.0 Å². The Labute approximate surface area is 97.9 Å². The Morgan fingerprint density at radius 3 is 2.94 bits per heavy atom. The highest BCUT2D eigenvalue weighted by Crippen LogP contribution is 2.16. The quantitative estimate of drug-likeness (QED) is 0.857. The topological polar surface area (TPSA) is 57.8 Å². The number of hydrogen-bond donors (Lipinski definition) is 2. The number of aryl methyl sites for hydroxylation is 1. The summed E-state index contributed by atoms with van der Waals surface area (Å²) in [7, 11) is 0. The van der Waals surface area contributed by atoms with Crippen LogP contribution in [0.4, 0.5) is 10.3 Å². The van der Waals surface area contributed by atoms with Gasteiger partial charge in [0.1, 0.15) is 11.2 Å². The number of nitrogens with zero attached hydrogens (tertiary/aromatic N) is 1. The first-order chi connectivity index (χ1) is 8.13. The maximum Gasteiger partial charge on any atom is 0.263 e. The van der Waals surface area contributed by atoms with Crippen LogP contribution >= 0.6 is 0 Å². The standard InChI is InChI=1S/C12H14FN3O/c1-3-6-14-12-15-10-7(2)4-5-8(13)9(10)11(17)16-12/h4-5H,3,6H2,1-2H3,(H2,14,15,16,17). The SMILES string of the molecule is CCCNc1nc2c(C)ccc(F)c2c(=O)[nH]1. The zero-order valence-corrected chi connectivity index (χ0v) is 9.80. The molecule has 2 aromatic rings. The lowest BCUT2D eigenvalue weighted by Crippen LogP contribution is -2.15. The van der Waals surface area contributed by atoms with Gasteiger partial charge in [0.2, 0.25) is 5.95 Å². The Kier molecular flexibility index (Phi) is 3.08. The van der Waals surface area contributed by atoms with Crippen molar-refractivity contribution in [1.82, 2.24) is 9.97 Å². The summed E-state index contributed by atoms with van der Waals surface area (Å²) in [5.74, 6) is -0.153. The molecule has 0 fully saturated rings. The number of H-pyrrole nitrogens is 1. The van der Waals surface area contributed by atoms with E-state index in [1.54, 1.807) is 13.0 Å². The summed E-state index contributed by atoms with van der Waals surface area (Å²) >= 11 is 0. The molecular weight excluding hydrogens is 221 g/mol. The van der Waals surface area contributed by atoms with Crippen molar-refractivity contribution >= 4 is 16.9 Å². The second kappa shape index (κ2) is 4.53. The number of benzene rings is 1. The molecule has 0 saturated heterocycles. The summed E-state index contributed by atoms with van der Waals surface area (Å²) in [6.07, 6.45) is 0.921. The zero-order valence-electron chi connectivity index (χ0n) is 9.80. The fourth-order valence-corrected chi connectivity index (χ4v) is 1.67. The lowest BCUT2D eigenvalue weighted by Gasteiger charge is -2.06. The van der Waals surface area contributed by atoms with Crippen LogP contribution in [0.3, 0.4) is 0 Å². The maximum absolute atomic E-state index is 13.5. The van der Waals surface area contributed by atoms with E-state index >= 15 is 0 Å². The molecule has 0 bridgehead atoms. The zero-order chi connectivity index (χ0) is 12.4. The van der Waals surface area contributed by atoms with Crippen LogP contribution in [0.5, 0.6) is 0 Å². The van der Waals surface area contributed by atoms with E-state index in [9.17, 15) is 9.18 Å². The molecule has 2 N–H and O–H groups in total. The van der Waals surface area contributed by atoms with Gasteiger partial charge in [0.25, 0.3) is 5.56 Å². The molecule has 0 saturated carbocycles. The summed E-state index contributed by atoms with van der Waals surface area (Å²) < 4.78 is 13.5. The van der Waals surface area contributed by atoms with Crippen molar-refractivity contribution in [2.75, 3.05) is 11.9 Å². The van der Waals surface area contributed by atoms with E-state index in [-0.39, 0.29) is 5.39 Å². The van der Waals surface area contributed by atoms with Crippen molar-refractivity contribution in [3.8, 4) is 0 Å². The Morgan fingerprint density at radius 2 is 2.24 bits per heavy atom. The summed E-state index contributed by atoms with van der Waals surface area (Å²) in [4.78, 5) is 18.5. The first kappa shape index (κ1) is 11.6. The van der Waals surface area contributed by atoms with Crippen molar-refractivity contribution in [2.45, 2.75) is 20.3 Å². The number of nitrogens with one attached hydrogen (secondary N) is 2. The summed E-state index contributed by atoms with van der Waals surface area (Å²) in [6.45, 7) is 4.53. The molecule has 0 radical (unpaired) electrons. The number of aromatic amines is 1. The molecule has 1 aromatic heterocycles. The van der Waals surface area contributed by atoms with Crippen molar-refractivity contribution in [2.24, 2.45) is 0 Å². The van der Waals surface area contributed by atoms with Gasteiger partial charge in [0.15, 0.2) is 0 Å². The number of fused-ring (bicyclic) bond motifs is 1. The molecule has 0 aliphatic carbocycles. The third kappa shape index (κ3) is 2.13. The van der Waals surface area contributed by atoms with Crippen LogP contribution in [0.25, 0.3) is 10.9 Å². The second-order valence-corrected chi connectivity index (χ2v) is 3.93. The molecular formula is C12H14FN3O. The molecule has 5 heteroatoms. The smallest absolute Gasteiger partial charge is 0.263 e. The molecule has 90 valence electrons. The molecule has 0 unspecified atom stereocenters. The molecule has 0 atom stereocenters. The molecule has 0 aliphatic heterocycles. The fraction of sp³-hybridized carbons (Fsp3) is 0.333. The minimum Gasteiger partial charge on any atom is -0.356 e. The number of aromatic nitrogens is 2. The lowest BCUT2D eigenvalue weighted by molar-refractivity contribution is 0.638. The van der Waals surface area contributed by atoms with Crippen LogP contribution in [0.15, 0.2) is 16.9 Å². The summed E-state index contributed by atoms with van der Waals surface area (Å²) in [5.41, 5.74) is 0.745. The molecule has 0 amide bonds. The molecule has 2 rings (SSSR count). The van der Waals surface area contributed by atoms with Crippen LogP contribution in [0.1, 0.15) is 18.9 Å². The van der Waals surface area contributed by atoms with Gasteiger partial charge in [0.05, 0.1) is 5.52 Å². The average Bonchev–Trinajstić information content (AvgIpc) is 2.31. The number of halogens is 1. The van der Waals surface area contributed by atoms with Crippen LogP contribution in [-0.2, 0) is 0 Å². The minimum absolute atomic E-state index is 0.0204. The van der Waals surface area contributed by atoms with Gasteiger partial charge in [-0.2, -0.15) is 0 Å². The van der Waals surface area contributed by atoms with E-state index in [2.05, 4.69) is 15.3 Å². The third-order valence-electron chi connectivity index (χ3n) is 2.55. The Hall–Kier alpha value is -1.91. The van der Waals surface area contributed by atoms with Crippen molar-refractivity contribution in [3.63, 3.8) is 0 Å². The van der Waals surface area contributed by atoms with E-state index in [4.69, 9.17) is 0 Å².